The van der Waals surface area contributed by atoms with Crippen LogP contribution in [-0.2, 0) is 0 Å². The second-order valence-corrected chi connectivity index (χ2v) is 3.09. The predicted molar refractivity (Wildman–Crippen MR) is 61.7 cm³/mol. The van der Waals surface area contributed by atoms with Crippen molar-refractivity contribution in [3.63, 3.8) is 0 Å². The van der Waals surface area contributed by atoms with Crippen LogP contribution in [-0.4, -0.2) is 16.5 Å². The van der Waals surface area contributed by atoms with Crippen molar-refractivity contribution in [1.82, 2.24) is 10.2 Å². The Hall–Kier alpha value is -1.90. The SMILES string of the molecule is C=C/C=C(\C=C/C)c1n[nH]c(C)c1C=O. The maximum Gasteiger partial charge on any atom is 0.154 e. The lowest BCUT2D eigenvalue weighted by Gasteiger charge is -1.97. The molecule has 0 saturated heterocycles. The highest BCUT2D eigenvalue weighted by Crippen LogP contribution is 2.19. The molecule has 0 aliphatic carbocycles. The summed E-state index contributed by atoms with van der Waals surface area (Å²) in [6, 6.07) is 0. The standard InChI is InChI=1S/C12H14N2O/c1-4-6-10(7-5-2)12-11(8-15)9(3)13-14-12/h4-8H,1H2,2-3H3,(H,13,14)/b7-5-,10-6+. The fourth-order valence-corrected chi connectivity index (χ4v) is 1.32. The predicted octanol–water partition coefficient (Wildman–Crippen LogP) is 2.68. The maximum absolute atomic E-state index is 10.9. The molecule has 1 aromatic heterocycles. The Balaban J connectivity index is 3.28. The van der Waals surface area contributed by atoms with Gasteiger partial charge in [-0.3, -0.25) is 9.89 Å². The molecular formula is C12H14N2O. The van der Waals surface area contributed by atoms with Crippen molar-refractivity contribution in [2.45, 2.75) is 13.8 Å². The van der Waals surface area contributed by atoms with Crippen molar-refractivity contribution >= 4 is 11.9 Å². The van der Waals surface area contributed by atoms with Gasteiger partial charge in [-0.25, -0.2) is 0 Å². The third-order valence-electron chi connectivity index (χ3n) is 2.03. The number of hydrogen-bond donors (Lipinski definition) is 1. The number of carbonyl (C=O) groups is 1. The highest BCUT2D eigenvalue weighted by atomic mass is 16.1. The fourth-order valence-electron chi connectivity index (χ4n) is 1.32. The molecule has 3 heteroatoms. The Morgan fingerprint density at radius 1 is 1.53 bits per heavy atom. The molecule has 0 amide bonds. The Kier molecular flexibility index (Phi) is 3.80. The molecule has 1 heterocycles. The molecule has 78 valence electrons. The number of aromatic nitrogens is 2. The van der Waals surface area contributed by atoms with Gasteiger partial charge in [-0.1, -0.05) is 30.9 Å². The van der Waals surface area contributed by atoms with Gasteiger partial charge >= 0.3 is 0 Å². The molecule has 1 N–H and O–H groups in total. The summed E-state index contributed by atoms with van der Waals surface area (Å²) in [5, 5.41) is 6.90. The molecule has 0 bridgehead atoms. The van der Waals surface area contributed by atoms with E-state index < -0.39 is 0 Å². The van der Waals surface area contributed by atoms with Gasteiger partial charge in [0.25, 0.3) is 0 Å². The van der Waals surface area contributed by atoms with E-state index in [1.54, 1.807) is 6.08 Å². The molecule has 15 heavy (non-hydrogen) atoms. The third kappa shape index (κ3) is 2.31. The van der Waals surface area contributed by atoms with Gasteiger partial charge in [-0.15, -0.1) is 0 Å². The number of H-pyrrole nitrogens is 1. The van der Waals surface area contributed by atoms with Crippen LogP contribution in [0.2, 0.25) is 0 Å². The summed E-state index contributed by atoms with van der Waals surface area (Å²) in [5.41, 5.74) is 2.92. The van der Waals surface area contributed by atoms with E-state index in [-0.39, 0.29) is 0 Å². The number of rotatable bonds is 4. The Labute approximate surface area is 89.2 Å². The summed E-state index contributed by atoms with van der Waals surface area (Å²) < 4.78 is 0. The number of nitrogens with one attached hydrogen (secondary N) is 1. The molecule has 0 unspecified atom stereocenters. The molecule has 0 aliphatic rings. The largest absolute Gasteiger partial charge is 0.298 e. The summed E-state index contributed by atoms with van der Waals surface area (Å²) in [6.45, 7) is 7.37. The summed E-state index contributed by atoms with van der Waals surface area (Å²) in [5.74, 6) is 0. The first-order chi connectivity index (χ1) is 7.24. The van der Waals surface area contributed by atoms with Crippen molar-refractivity contribution in [2.24, 2.45) is 0 Å². The van der Waals surface area contributed by atoms with Gasteiger partial charge in [0.2, 0.25) is 0 Å². The molecule has 0 saturated carbocycles. The van der Waals surface area contributed by atoms with Crippen LogP contribution in [0, 0.1) is 6.92 Å². The fraction of sp³-hybridized carbons (Fsp3) is 0.167. The maximum atomic E-state index is 10.9. The minimum absolute atomic E-state index is 0.598. The van der Waals surface area contributed by atoms with Crippen molar-refractivity contribution in [3.8, 4) is 0 Å². The Morgan fingerprint density at radius 2 is 2.27 bits per heavy atom. The molecular weight excluding hydrogens is 188 g/mol. The lowest BCUT2D eigenvalue weighted by Crippen LogP contribution is -1.89. The number of aldehydes is 1. The smallest absolute Gasteiger partial charge is 0.154 e. The third-order valence-corrected chi connectivity index (χ3v) is 2.03. The highest BCUT2D eigenvalue weighted by molar-refractivity contribution is 5.88. The van der Waals surface area contributed by atoms with Gasteiger partial charge in [0.1, 0.15) is 5.69 Å². The highest BCUT2D eigenvalue weighted by Gasteiger charge is 2.11. The van der Waals surface area contributed by atoms with E-state index in [0.29, 0.717) is 11.3 Å². The van der Waals surface area contributed by atoms with Crippen molar-refractivity contribution in [1.29, 1.82) is 0 Å². The quantitative estimate of drug-likeness (QED) is 0.602. The number of carbonyl (C=O) groups excluding carboxylic acids is 1. The summed E-state index contributed by atoms with van der Waals surface area (Å²) in [7, 11) is 0. The zero-order valence-corrected chi connectivity index (χ0v) is 8.95. The molecule has 0 atom stereocenters. The molecule has 3 nitrogen and oxygen atoms in total. The second-order valence-electron chi connectivity index (χ2n) is 3.09. The molecule has 0 aromatic carbocycles. The molecule has 1 aromatic rings. The topological polar surface area (TPSA) is 45.8 Å². The van der Waals surface area contributed by atoms with Gasteiger partial charge in [-0.2, -0.15) is 5.10 Å². The van der Waals surface area contributed by atoms with Crippen molar-refractivity contribution < 1.29 is 4.79 Å². The van der Waals surface area contributed by atoms with Crippen LogP contribution in [0.15, 0.2) is 30.9 Å². The molecule has 0 fully saturated rings. The molecule has 0 aliphatic heterocycles. The lowest BCUT2D eigenvalue weighted by molar-refractivity contribution is 0.112. The van der Waals surface area contributed by atoms with Gasteiger partial charge in [0.05, 0.1) is 5.56 Å². The normalized spacial score (nSPS) is 12.0. The minimum Gasteiger partial charge on any atom is -0.298 e. The molecule has 0 spiro atoms. The zero-order valence-electron chi connectivity index (χ0n) is 8.95. The number of allylic oxidation sites excluding steroid dienone is 5. The number of hydrogen-bond acceptors (Lipinski definition) is 2. The monoisotopic (exact) mass is 202 g/mol. The summed E-state index contributed by atoms with van der Waals surface area (Å²) >= 11 is 0. The first-order valence-electron chi connectivity index (χ1n) is 4.70. The number of aromatic amines is 1. The van der Waals surface area contributed by atoms with Crippen LogP contribution < -0.4 is 0 Å². The molecule has 1 rings (SSSR count). The summed E-state index contributed by atoms with van der Waals surface area (Å²) in [6.07, 6.45) is 8.10. The Bertz CT molecular complexity index is 425. The Morgan fingerprint density at radius 3 is 2.80 bits per heavy atom. The van der Waals surface area contributed by atoms with E-state index in [4.69, 9.17) is 0 Å². The average Bonchev–Trinajstić information content (AvgIpc) is 2.59. The van der Waals surface area contributed by atoms with E-state index >= 15 is 0 Å². The second kappa shape index (κ2) is 5.10. The van der Waals surface area contributed by atoms with Gasteiger partial charge in [0, 0.05) is 11.3 Å². The van der Waals surface area contributed by atoms with Crippen molar-refractivity contribution in [3.05, 3.63) is 47.8 Å². The first-order valence-corrected chi connectivity index (χ1v) is 4.70. The zero-order chi connectivity index (χ0) is 11.3. The van der Waals surface area contributed by atoms with Crippen LogP contribution in [0.25, 0.3) is 5.57 Å². The lowest BCUT2D eigenvalue weighted by atomic mass is 10.1. The number of aryl methyl sites for hydroxylation is 1. The van der Waals surface area contributed by atoms with E-state index in [0.717, 1.165) is 17.6 Å². The van der Waals surface area contributed by atoms with E-state index in [1.807, 2.05) is 32.1 Å². The van der Waals surface area contributed by atoms with Gasteiger partial charge in [0.15, 0.2) is 6.29 Å². The summed E-state index contributed by atoms with van der Waals surface area (Å²) in [4.78, 5) is 10.9. The van der Waals surface area contributed by atoms with Crippen LogP contribution in [0.3, 0.4) is 0 Å². The van der Waals surface area contributed by atoms with Crippen LogP contribution in [0.4, 0.5) is 0 Å². The van der Waals surface area contributed by atoms with E-state index in [9.17, 15) is 4.79 Å². The van der Waals surface area contributed by atoms with Crippen molar-refractivity contribution in [2.75, 3.05) is 0 Å². The van der Waals surface area contributed by atoms with E-state index in [2.05, 4.69) is 16.8 Å². The van der Waals surface area contributed by atoms with Crippen LogP contribution >= 0.6 is 0 Å². The van der Waals surface area contributed by atoms with Crippen LogP contribution in [0.1, 0.15) is 28.7 Å². The molecule has 0 radical (unpaired) electrons. The van der Waals surface area contributed by atoms with Gasteiger partial charge < -0.3 is 0 Å². The average molecular weight is 202 g/mol. The minimum atomic E-state index is 0.598. The number of nitrogens with zero attached hydrogens (tertiary/aromatic N) is 1. The van der Waals surface area contributed by atoms with Crippen LogP contribution in [0.5, 0.6) is 0 Å². The first kappa shape index (κ1) is 11.2. The van der Waals surface area contributed by atoms with E-state index in [1.165, 1.54) is 0 Å². The van der Waals surface area contributed by atoms with Gasteiger partial charge in [-0.05, 0) is 13.8 Å².